The summed E-state index contributed by atoms with van der Waals surface area (Å²) in [5, 5.41) is 11.5. The van der Waals surface area contributed by atoms with Crippen LogP contribution in [0.2, 0.25) is 0 Å². The molecular weight excluding hydrogens is 408 g/mol. The van der Waals surface area contributed by atoms with E-state index in [2.05, 4.69) is 18.7 Å². The Labute approximate surface area is 186 Å². The summed E-state index contributed by atoms with van der Waals surface area (Å²) in [6, 6.07) is 11.7. The van der Waals surface area contributed by atoms with Gasteiger partial charge in [-0.3, -0.25) is 9.59 Å². The van der Waals surface area contributed by atoms with E-state index in [1.165, 1.54) is 4.90 Å². The number of Topliss-reactive ketones (excluding diaryl/α,β-unsaturated/α-hetero) is 1. The summed E-state index contributed by atoms with van der Waals surface area (Å²) >= 11 is 0. The van der Waals surface area contributed by atoms with Gasteiger partial charge in [-0.15, -0.1) is 0 Å². The molecule has 1 amide bonds. The molecule has 4 rings (SSSR count). The normalized spacial score (nSPS) is 16.7. The molecule has 0 saturated heterocycles. The molecule has 7 heteroatoms. The van der Waals surface area contributed by atoms with Gasteiger partial charge in [0.1, 0.15) is 23.1 Å². The molecule has 1 aliphatic rings. The van der Waals surface area contributed by atoms with Gasteiger partial charge in [-0.05, 0) is 57.2 Å². The lowest BCUT2D eigenvalue weighted by Gasteiger charge is -2.26. The number of hydrogen-bond acceptors (Lipinski definition) is 6. The van der Waals surface area contributed by atoms with Crippen LogP contribution in [0.3, 0.4) is 0 Å². The summed E-state index contributed by atoms with van der Waals surface area (Å²) in [5.41, 5.74) is 0.563. The second-order valence-corrected chi connectivity index (χ2v) is 7.97. The highest BCUT2D eigenvalue weighted by molar-refractivity contribution is 6.15. The van der Waals surface area contributed by atoms with Gasteiger partial charge in [-0.25, -0.2) is 0 Å². The zero-order valence-electron chi connectivity index (χ0n) is 18.6. The van der Waals surface area contributed by atoms with Crippen molar-refractivity contribution in [1.29, 1.82) is 0 Å². The Hall–Kier alpha value is -3.32. The zero-order chi connectivity index (χ0) is 22.8. The molecule has 1 atom stereocenters. The molecule has 0 unspecified atom stereocenters. The average molecular weight is 437 g/mol. The van der Waals surface area contributed by atoms with Crippen molar-refractivity contribution in [2.45, 2.75) is 33.2 Å². The van der Waals surface area contributed by atoms with Crippen molar-refractivity contribution >= 4 is 22.7 Å². The summed E-state index contributed by atoms with van der Waals surface area (Å²) in [7, 11) is 0. The maximum atomic E-state index is 13.4. The second-order valence-electron chi connectivity index (χ2n) is 7.97. The fourth-order valence-corrected chi connectivity index (χ4v) is 4.24. The molecule has 0 bridgehead atoms. The Bertz CT molecular complexity index is 1130. The number of furan rings is 2. The summed E-state index contributed by atoms with van der Waals surface area (Å²) in [4.78, 5) is 30.2. The third-order valence-corrected chi connectivity index (χ3v) is 6.00. The Morgan fingerprint density at radius 3 is 2.53 bits per heavy atom. The van der Waals surface area contributed by atoms with Crippen LogP contribution in [0.4, 0.5) is 0 Å². The second kappa shape index (κ2) is 9.04. The molecule has 32 heavy (non-hydrogen) atoms. The molecule has 0 spiro atoms. The van der Waals surface area contributed by atoms with E-state index in [1.54, 1.807) is 31.2 Å². The van der Waals surface area contributed by atoms with Gasteiger partial charge >= 0.3 is 0 Å². The minimum Gasteiger partial charge on any atom is -0.503 e. The molecular formula is C25H28N2O5. The fraction of sp³-hybridized carbons (Fsp3) is 0.360. The van der Waals surface area contributed by atoms with Crippen LogP contribution in [0.15, 0.2) is 62.6 Å². The number of nitrogens with zero attached hydrogens (tertiary/aromatic N) is 2. The van der Waals surface area contributed by atoms with Gasteiger partial charge in [-0.1, -0.05) is 32.0 Å². The van der Waals surface area contributed by atoms with E-state index in [0.717, 1.165) is 25.0 Å². The fourth-order valence-electron chi connectivity index (χ4n) is 4.24. The lowest BCUT2D eigenvalue weighted by molar-refractivity contribution is -0.129. The molecule has 3 heterocycles. The summed E-state index contributed by atoms with van der Waals surface area (Å²) in [5.74, 6) is -0.434. The molecule has 3 aromatic rings. The van der Waals surface area contributed by atoms with E-state index in [1.807, 2.05) is 18.2 Å². The van der Waals surface area contributed by atoms with Crippen molar-refractivity contribution < 1.29 is 23.5 Å². The first-order valence-electron chi connectivity index (χ1n) is 11.0. The third kappa shape index (κ3) is 3.96. The highest BCUT2D eigenvalue weighted by Crippen LogP contribution is 2.40. The third-order valence-electron chi connectivity index (χ3n) is 6.00. The van der Waals surface area contributed by atoms with Gasteiger partial charge in [0.15, 0.2) is 11.5 Å². The molecule has 0 saturated carbocycles. The van der Waals surface area contributed by atoms with E-state index in [0.29, 0.717) is 30.1 Å². The monoisotopic (exact) mass is 436 g/mol. The first kappa shape index (κ1) is 21.9. The van der Waals surface area contributed by atoms with Crippen LogP contribution in [0.1, 0.15) is 48.4 Å². The van der Waals surface area contributed by atoms with Crippen LogP contribution in [0.5, 0.6) is 0 Å². The predicted octanol–water partition coefficient (Wildman–Crippen LogP) is 4.64. The molecule has 0 aliphatic carbocycles. The van der Waals surface area contributed by atoms with Crippen molar-refractivity contribution in [3.63, 3.8) is 0 Å². The standard InChI is InChI=1S/C25H28N2O5/c1-4-26(5-2)13-8-14-27-22(19-12-11-16(3)31-19)21(24(29)25(27)30)23(28)20-15-17-9-6-7-10-18(17)32-20/h6-7,9-12,15,22,29H,4-5,8,13-14H2,1-3H3/t22-/m1/s1. The molecule has 7 nitrogen and oxygen atoms in total. The number of para-hydroxylation sites is 1. The van der Waals surface area contributed by atoms with Crippen LogP contribution < -0.4 is 0 Å². The number of aryl methyl sites for hydroxylation is 1. The van der Waals surface area contributed by atoms with E-state index in [4.69, 9.17) is 8.83 Å². The number of carbonyl (C=O) groups is 2. The van der Waals surface area contributed by atoms with E-state index in [9.17, 15) is 14.7 Å². The van der Waals surface area contributed by atoms with Crippen LogP contribution in [0.25, 0.3) is 11.0 Å². The lowest BCUT2D eigenvalue weighted by Crippen LogP contribution is -2.34. The number of aliphatic hydroxyl groups excluding tert-OH is 1. The molecule has 1 aliphatic heterocycles. The number of rotatable bonds is 9. The number of benzene rings is 1. The Morgan fingerprint density at radius 1 is 1.12 bits per heavy atom. The van der Waals surface area contributed by atoms with Crippen LogP contribution in [-0.4, -0.2) is 52.8 Å². The molecule has 168 valence electrons. The van der Waals surface area contributed by atoms with Crippen molar-refractivity contribution in [2.75, 3.05) is 26.2 Å². The number of hydrogen-bond donors (Lipinski definition) is 1. The van der Waals surface area contributed by atoms with Crippen molar-refractivity contribution in [2.24, 2.45) is 0 Å². The van der Waals surface area contributed by atoms with Gasteiger partial charge in [0.2, 0.25) is 5.78 Å². The molecule has 1 N–H and O–H groups in total. The Kier molecular flexibility index (Phi) is 6.19. The lowest BCUT2D eigenvalue weighted by atomic mass is 9.99. The minimum atomic E-state index is -0.798. The smallest absolute Gasteiger partial charge is 0.290 e. The molecule has 1 aromatic carbocycles. The highest BCUT2D eigenvalue weighted by atomic mass is 16.4. The van der Waals surface area contributed by atoms with Crippen molar-refractivity contribution in [3.8, 4) is 0 Å². The average Bonchev–Trinajstić information content (AvgIpc) is 3.48. The van der Waals surface area contributed by atoms with E-state index >= 15 is 0 Å². The highest BCUT2D eigenvalue weighted by Gasteiger charge is 2.45. The van der Waals surface area contributed by atoms with E-state index in [-0.39, 0.29) is 11.3 Å². The van der Waals surface area contributed by atoms with Crippen molar-refractivity contribution in [1.82, 2.24) is 9.80 Å². The first-order chi connectivity index (χ1) is 15.4. The molecule has 2 aromatic heterocycles. The largest absolute Gasteiger partial charge is 0.503 e. The van der Waals surface area contributed by atoms with Crippen LogP contribution in [0, 0.1) is 6.92 Å². The summed E-state index contributed by atoms with van der Waals surface area (Å²) < 4.78 is 11.5. The predicted molar refractivity (Wildman–Crippen MR) is 121 cm³/mol. The number of ketones is 1. The topological polar surface area (TPSA) is 87.1 Å². The number of amides is 1. The SMILES string of the molecule is CCN(CC)CCCN1C(=O)C(O)=C(C(=O)c2cc3ccccc3o2)[C@H]1c1ccc(C)o1. The van der Waals surface area contributed by atoms with Crippen molar-refractivity contribution in [3.05, 3.63) is 71.1 Å². The van der Waals surface area contributed by atoms with Gasteiger partial charge in [0.25, 0.3) is 5.91 Å². The quantitative estimate of drug-likeness (QED) is 0.492. The maximum Gasteiger partial charge on any atom is 0.290 e. The van der Waals surface area contributed by atoms with Crippen LogP contribution in [-0.2, 0) is 4.79 Å². The first-order valence-corrected chi connectivity index (χ1v) is 11.0. The minimum absolute atomic E-state index is 0.00811. The number of fused-ring (bicyclic) bond motifs is 1. The van der Waals surface area contributed by atoms with Gasteiger partial charge in [0.05, 0.1) is 5.57 Å². The molecule has 0 radical (unpaired) electrons. The zero-order valence-corrected chi connectivity index (χ0v) is 18.6. The van der Waals surface area contributed by atoms with E-state index < -0.39 is 23.5 Å². The number of carbonyl (C=O) groups excluding carboxylic acids is 2. The number of aliphatic hydroxyl groups is 1. The maximum absolute atomic E-state index is 13.4. The Balaban J connectivity index is 1.67. The Morgan fingerprint density at radius 2 is 1.88 bits per heavy atom. The van der Waals surface area contributed by atoms with Gasteiger partial charge in [0, 0.05) is 11.9 Å². The van der Waals surface area contributed by atoms with Crippen LogP contribution >= 0.6 is 0 Å². The summed E-state index contributed by atoms with van der Waals surface area (Å²) in [6.07, 6.45) is 0.711. The van der Waals surface area contributed by atoms with Gasteiger partial charge in [-0.2, -0.15) is 0 Å². The summed E-state index contributed by atoms with van der Waals surface area (Å²) in [6.45, 7) is 9.03. The van der Waals surface area contributed by atoms with Gasteiger partial charge < -0.3 is 23.7 Å². The molecule has 0 fully saturated rings.